The molecule has 0 aliphatic rings. The fourth-order valence-corrected chi connectivity index (χ4v) is 1.85. The number of halogens is 1. The van der Waals surface area contributed by atoms with Crippen molar-refractivity contribution in [2.75, 3.05) is 0 Å². The van der Waals surface area contributed by atoms with Crippen molar-refractivity contribution in [2.24, 2.45) is 0 Å². The number of nitrogens with zero attached hydrogens (tertiary/aromatic N) is 2. The van der Waals surface area contributed by atoms with Crippen molar-refractivity contribution in [2.45, 2.75) is 6.92 Å². The highest BCUT2D eigenvalue weighted by molar-refractivity contribution is 6.37. The molecule has 5 heteroatoms. The molecule has 0 atom stereocenters. The summed E-state index contributed by atoms with van der Waals surface area (Å²) in [5.41, 5.74) is 0.893. The van der Waals surface area contributed by atoms with E-state index in [9.17, 15) is 10.1 Å². The molecule has 0 saturated heterocycles. The normalized spacial score (nSPS) is 10.5. The largest absolute Gasteiger partial charge is 0.309 e. The molecule has 0 radical (unpaired) electrons. The summed E-state index contributed by atoms with van der Waals surface area (Å²) < 4.78 is 0. The van der Waals surface area contributed by atoms with E-state index < -0.39 is 4.92 Å². The molecule has 1 aromatic heterocycles. The van der Waals surface area contributed by atoms with E-state index in [0.717, 1.165) is 0 Å². The van der Waals surface area contributed by atoms with E-state index in [1.807, 2.05) is 6.07 Å². The Hall–Kier alpha value is -1.68. The molecular weight excluding hydrogens is 216 g/mol. The third-order valence-corrected chi connectivity index (χ3v) is 2.54. The third-order valence-electron chi connectivity index (χ3n) is 2.16. The molecule has 0 bridgehead atoms. The predicted octanol–water partition coefficient (Wildman–Crippen LogP) is 3.10. The van der Waals surface area contributed by atoms with Gasteiger partial charge in [0.25, 0.3) is 0 Å². The van der Waals surface area contributed by atoms with Crippen molar-refractivity contribution in [3.8, 4) is 0 Å². The SMILES string of the molecule is Cc1nc2ccccc2c(Cl)c1[N+](=O)[O-]. The molecule has 0 N–H and O–H groups in total. The van der Waals surface area contributed by atoms with Gasteiger partial charge in [0.1, 0.15) is 10.7 Å². The van der Waals surface area contributed by atoms with Gasteiger partial charge in [0, 0.05) is 5.39 Å². The molecule has 0 aliphatic carbocycles. The second-order valence-corrected chi connectivity index (χ2v) is 3.51. The Balaban J connectivity index is 2.90. The summed E-state index contributed by atoms with van der Waals surface area (Å²) in [5.74, 6) is 0. The summed E-state index contributed by atoms with van der Waals surface area (Å²) >= 11 is 5.96. The zero-order valence-electron chi connectivity index (χ0n) is 7.90. The van der Waals surface area contributed by atoms with E-state index in [0.29, 0.717) is 16.6 Å². The first-order chi connectivity index (χ1) is 7.11. The lowest BCUT2D eigenvalue weighted by atomic mass is 10.2. The summed E-state index contributed by atoms with van der Waals surface area (Å²) in [4.78, 5) is 14.4. The predicted molar refractivity (Wildman–Crippen MR) is 58.1 cm³/mol. The molecule has 1 heterocycles. The van der Waals surface area contributed by atoms with Crippen molar-refractivity contribution >= 4 is 28.2 Å². The number of aromatic nitrogens is 1. The van der Waals surface area contributed by atoms with Crippen LogP contribution in [0.15, 0.2) is 24.3 Å². The van der Waals surface area contributed by atoms with Crippen LogP contribution in [-0.4, -0.2) is 9.91 Å². The van der Waals surface area contributed by atoms with Gasteiger partial charge in [-0.3, -0.25) is 10.1 Å². The number of rotatable bonds is 1. The standard InChI is InChI=1S/C10H7ClN2O2/c1-6-10(13(14)15)9(11)7-4-2-3-5-8(7)12-6/h2-5H,1H3. The zero-order chi connectivity index (χ0) is 11.0. The lowest BCUT2D eigenvalue weighted by Gasteiger charge is -2.03. The molecule has 0 saturated carbocycles. The van der Waals surface area contributed by atoms with Crippen LogP contribution in [0.4, 0.5) is 5.69 Å². The first-order valence-corrected chi connectivity index (χ1v) is 4.68. The van der Waals surface area contributed by atoms with Crippen LogP contribution in [0.2, 0.25) is 5.02 Å². The average Bonchev–Trinajstić information content (AvgIpc) is 2.17. The van der Waals surface area contributed by atoms with E-state index >= 15 is 0 Å². The van der Waals surface area contributed by atoms with Gasteiger partial charge in [-0.05, 0) is 13.0 Å². The highest BCUT2D eigenvalue weighted by Crippen LogP contribution is 2.33. The van der Waals surface area contributed by atoms with Crippen molar-refractivity contribution in [1.29, 1.82) is 0 Å². The van der Waals surface area contributed by atoms with Crippen LogP contribution >= 0.6 is 11.6 Å². The monoisotopic (exact) mass is 222 g/mol. The zero-order valence-corrected chi connectivity index (χ0v) is 8.65. The number of pyridine rings is 1. The van der Waals surface area contributed by atoms with Gasteiger partial charge in [-0.2, -0.15) is 0 Å². The van der Waals surface area contributed by atoms with Crippen molar-refractivity contribution < 1.29 is 4.92 Å². The van der Waals surface area contributed by atoms with Gasteiger partial charge < -0.3 is 0 Å². The number of para-hydroxylation sites is 1. The van der Waals surface area contributed by atoms with Gasteiger partial charge in [-0.1, -0.05) is 29.8 Å². The van der Waals surface area contributed by atoms with E-state index in [-0.39, 0.29) is 10.7 Å². The van der Waals surface area contributed by atoms with Crippen LogP contribution < -0.4 is 0 Å². The van der Waals surface area contributed by atoms with Gasteiger partial charge in [-0.15, -0.1) is 0 Å². The first-order valence-electron chi connectivity index (χ1n) is 4.30. The molecule has 0 fully saturated rings. The summed E-state index contributed by atoms with van der Waals surface area (Å²) in [6.07, 6.45) is 0. The van der Waals surface area contributed by atoms with E-state index in [1.54, 1.807) is 25.1 Å². The molecule has 15 heavy (non-hydrogen) atoms. The molecule has 0 spiro atoms. The molecule has 76 valence electrons. The van der Waals surface area contributed by atoms with E-state index in [2.05, 4.69) is 4.98 Å². The molecule has 0 amide bonds. The minimum absolute atomic E-state index is 0.115. The van der Waals surface area contributed by atoms with Crippen LogP contribution in [0.1, 0.15) is 5.69 Å². The van der Waals surface area contributed by atoms with Crippen molar-refractivity contribution in [3.63, 3.8) is 0 Å². The number of hydrogen-bond donors (Lipinski definition) is 0. The third kappa shape index (κ3) is 1.53. The highest BCUT2D eigenvalue weighted by atomic mass is 35.5. The van der Waals surface area contributed by atoms with Crippen molar-refractivity contribution in [1.82, 2.24) is 4.98 Å². The van der Waals surface area contributed by atoms with Gasteiger partial charge in [-0.25, -0.2) is 4.98 Å². The molecule has 1 aromatic carbocycles. The Labute approximate surface area is 90.7 Å². The number of nitro groups is 1. The smallest absolute Gasteiger partial charge is 0.258 e. The Morgan fingerprint density at radius 2 is 2.07 bits per heavy atom. The van der Waals surface area contributed by atoms with Crippen LogP contribution in [0.3, 0.4) is 0 Å². The average molecular weight is 223 g/mol. The minimum Gasteiger partial charge on any atom is -0.258 e. The Morgan fingerprint density at radius 3 is 2.73 bits per heavy atom. The van der Waals surface area contributed by atoms with E-state index in [1.165, 1.54) is 0 Å². The van der Waals surface area contributed by atoms with Crippen molar-refractivity contribution in [3.05, 3.63) is 45.1 Å². The Morgan fingerprint density at radius 1 is 1.40 bits per heavy atom. The fourth-order valence-electron chi connectivity index (χ4n) is 1.49. The Kier molecular flexibility index (Phi) is 2.28. The van der Waals surface area contributed by atoms with Gasteiger partial charge >= 0.3 is 5.69 Å². The van der Waals surface area contributed by atoms with Gasteiger partial charge in [0.05, 0.1) is 10.4 Å². The molecule has 4 nitrogen and oxygen atoms in total. The minimum atomic E-state index is -0.503. The second-order valence-electron chi connectivity index (χ2n) is 3.13. The molecule has 2 aromatic rings. The van der Waals surface area contributed by atoms with Crippen LogP contribution in [0.5, 0.6) is 0 Å². The van der Waals surface area contributed by atoms with Crippen LogP contribution in [-0.2, 0) is 0 Å². The van der Waals surface area contributed by atoms with Gasteiger partial charge in [0.2, 0.25) is 0 Å². The topological polar surface area (TPSA) is 56.0 Å². The maximum absolute atomic E-state index is 10.8. The lowest BCUT2D eigenvalue weighted by molar-refractivity contribution is -0.385. The molecule has 0 aliphatic heterocycles. The summed E-state index contributed by atoms with van der Waals surface area (Å²) in [5, 5.41) is 11.5. The summed E-state index contributed by atoms with van der Waals surface area (Å²) in [6.45, 7) is 1.58. The summed E-state index contributed by atoms with van der Waals surface area (Å²) in [7, 11) is 0. The van der Waals surface area contributed by atoms with Crippen LogP contribution in [0, 0.1) is 17.0 Å². The number of hydrogen-bond acceptors (Lipinski definition) is 3. The van der Waals surface area contributed by atoms with Gasteiger partial charge in [0.15, 0.2) is 0 Å². The highest BCUT2D eigenvalue weighted by Gasteiger charge is 2.20. The quantitative estimate of drug-likeness (QED) is 0.550. The second kappa shape index (κ2) is 3.47. The maximum atomic E-state index is 10.8. The molecule has 2 rings (SSSR count). The maximum Gasteiger partial charge on any atom is 0.309 e. The number of aryl methyl sites for hydroxylation is 1. The van der Waals surface area contributed by atoms with E-state index in [4.69, 9.17) is 11.6 Å². The lowest BCUT2D eigenvalue weighted by Crippen LogP contribution is -1.96. The molecular formula is C10H7ClN2O2. The molecule has 0 unspecified atom stereocenters. The fraction of sp³-hybridized carbons (Fsp3) is 0.100. The Bertz CT molecular complexity index is 554. The number of fused-ring (bicyclic) bond motifs is 1. The number of benzene rings is 1. The van der Waals surface area contributed by atoms with Crippen LogP contribution in [0.25, 0.3) is 10.9 Å². The summed E-state index contributed by atoms with van der Waals surface area (Å²) in [6, 6.07) is 7.08. The first kappa shape index (κ1) is 9.86.